The van der Waals surface area contributed by atoms with Gasteiger partial charge in [-0.2, -0.15) is 0 Å². The minimum absolute atomic E-state index is 0.592. The standard InChI is InChI=1S/C68H49N/c1-5-22-49(23-6-1)51-39-41-53(42-40-51)58-31-14-13-26-54(58)48-66-60(33-21-47-69-57-45-43-52(44-46-57)50-24-7-2-8-25-50)59-32-15-16-34-61(59)68(66)64-37-19-17-35-62(64)67(55-27-9-3-10-28-55,56-29-11-4-12-30-56)63-36-18-20-38-65(63)68/h1-48,69H/b47-21+,60-33-,66-48+. The summed E-state index contributed by atoms with van der Waals surface area (Å²) >= 11 is 0. The van der Waals surface area contributed by atoms with Gasteiger partial charge in [-0.05, 0) is 119 Å². The van der Waals surface area contributed by atoms with Gasteiger partial charge in [-0.15, -0.1) is 0 Å². The fraction of sp³-hybridized carbons (Fsp3) is 0.0294. The minimum Gasteiger partial charge on any atom is -0.362 e. The molecule has 2 aliphatic rings. The molecule has 0 atom stereocenters. The normalized spacial score (nSPS) is 15.2. The van der Waals surface area contributed by atoms with Crippen LogP contribution in [-0.4, -0.2) is 0 Å². The van der Waals surface area contributed by atoms with Crippen LogP contribution in [0.1, 0.15) is 50.1 Å². The first-order chi connectivity index (χ1) is 34.2. The molecule has 0 aromatic heterocycles. The van der Waals surface area contributed by atoms with Crippen molar-refractivity contribution < 1.29 is 0 Å². The van der Waals surface area contributed by atoms with E-state index in [-0.39, 0.29) is 0 Å². The summed E-state index contributed by atoms with van der Waals surface area (Å²) in [6.07, 6.45) is 9.07. The molecule has 0 saturated heterocycles. The van der Waals surface area contributed by atoms with E-state index in [9.17, 15) is 0 Å². The molecular formula is C68H49N. The molecule has 1 N–H and O–H groups in total. The number of anilines is 1. The molecule has 0 aliphatic heterocycles. The van der Waals surface area contributed by atoms with Crippen LogP contribution in [-0.2, 0) is 10.8 Å². The van der Waals surface area contributed by atoms with Crippen LogP contribution < -0.4 is 5.32 Å². The van der Waals surface area contributed by atoms with Gasteiger partial charge < -0.3 is 5.32 Å². The van der Waals surface area contributed by atoms with Gasteiger partial charge in [0.25, 0.3) is 0 Å². The Morgan fingerprint density at radius 3 is 1.23 bits per heavy atom. The first kappa shape index (κ1) is 41.6. The number of nitrogens with one attached hydrogen (secondary N) is 1. The predicted molar refractivity (Wildman–Crippen MR) is 289 cm³/mol. The number of hydrogen-bond acceptors (Lipinski definition) is 1. The molecule has 0 unspecified atom stereocenters. The molecule has 10 aromatic rings. The zero-order valence-electron chi connectivity index (χ0n) is 38.2. The second-order valence-electron chi connectivity index (χ2n) is 18.0. The van der Waals surface area contributed by atoms with Crippen LogP contribution in [0.25, 0.3) is 45.0 Å². The van der Waals surface area contributed by atoms with Gasteiger partial charge in [0.05, 0.1) is 10.8 Å². The second-order valence-corrected chi connectivity index (χ2v) is 18.0. The van der Waals surface area contributed by atoms with Gasteiger partial charge in [0.1, 0.15) is 0 Å². The van der Waals surface area contributed by atoms with Gasteiger partial charge in [-0.3, -0.25) is 0 Å². The van der Waals surface area contributed by atoms with E-state index < -0.39 is 10.8 Å². The van der Waals surface area contributed by atoms with Crippen LogP contribution in [0.15, 0.2) is 291 Å². The highest BCUT2D eigenvalue weighted by Crippen LogP contribution is 2.65. The highest BCUT2D eigenvalue weighted by Gasteiger charge is 2.57. The van der Waals surface area contributed by atoms with E-state index >= 15 is 0 Å². The molecule has 0 heterocycles. The quantitative estimate of drug-likeness (QED) is 0.152. The number of rotatable bonds is 9. The Morgan fingerprint density at radius 1 is 0.304 bits per heavy atom. The predicted octanol–water partition coefficient (Wildman–Crippen LogP) is 16.8. The van der Waals surface area contributed by atoms with E-state index in [0.717, 1.165) is 11.3 Å². The smallest absolute Gasteiger partial charge is 0.0720 e. The lowest BCUT2D eigenvalue weighted by molar-refractivity contribution is 0.625. The Kier molecular flexibility index (Phi) is 10.7. The molecular weight excluding hydrogens is 831 g/mol. The van der Waals surface area contributed by atoms with Crippen molar-refractivity contribution in [3.63, 3.8) is 0 Å². The summed E-state index contributed by atoms with van der Waals surface area (Å²) in [4.78, 5) is 0. The average molecular weight is 880 g/mol. The van der Waals surface area contributed by atoms with Gasteiger partial charge >= 0.3 is 0 Å². The van der Waals surface area contributed by atoms with Crippen molar-refractivity contribution in [3.05, 3.63) is 341 Å². The van der Waals surface area contributed by atoms with E-state index in [0.29, 0.717) is 0 Å². The lowest BCUT2D eigenvalue weighted by Crippen LogP contribution is -2.44. The van der Waals surface area contributed by atoms with Crippen LogP contribution in [0, 0.1) is 0 Å². The summed E-state index contributed by atoms with van der Waals surface area (Å²) in [5.74, 6) is 0. The average Bonchev–Trinajstić information content (AvgIpc) is 3.70. The number of hydrogen-bond donors (Lipinski definition) is 1. The summed E-state index contributed by atoms with van der Waals surface area (Å²) in [7, 11) is 0. The molecule has 69 heavy (non-hydrogen) atoms. The molecule has 10 aromatic carbocycles. The molecule has 0 saturated carbocycles. The van der Waals surface area contributed by atoms with Crippen molar-refractivity contribution in [2.24, 2.45) is 0 Å². The van der Waals surface area contributed by atoms with Crippen molar-refractivity contribution in [3.8, 4) is 33.4 Å². The molecule has 326 valence electrons. The van der Waals surface area contributed by atoms with E-state index in [1.807, 2.05) is 0 Å². The largest absolute Gasteiger partial charge is 0.362 e. The highest BCUT2D eigenvalue weighted by molar-refractivity contribution is 6.01. The van der Waals surface area contributed by atoms with Gasteiger partial charge in [0.2, 0.25) is 0 Å². The molecule has 1 spiro atoms. The number of fused-ring (bicyclic) bond motifs is 6. The van der Waals surface area contributed by atoms with Crippen molar-refractivity contribution in [1.82, 2.24) is 0 Å². The molecule has 0 amide bonds. The summed E-state index contributed by atoms with van der Waals surface area (Å²) in [5, 5.41) is 3.59. The monoisotopic (exact) mass is 879 g/mol. The maximum atomic E-state index is 3.59. The molecule has 1 nitrogen and oxygen atoms in total. The molecule has 1 heteroatoms. The summed E-state index contributed by atoms with van der Waals surface area (Å²) in [6.45, 7) is 0. The third-order valence-electron chi connectivity index (χ3n) is 14.4. The van der Waals surface area contributed by atoms with E-state index in [1.54, 1.807) is 0 Å². The Bertz CT molecular complexity index is 3440. The maximum absolute atomic E-state index is 3.59. The van der Waals surface area contributed by atoms with Crippen molar-refractivity contribution in [2.75, 3.05) is 5.32 Å². The van der Waals surface area contributed by atoms with E-state index in [1.165, 1.54) is 89.0 Å². The molecule has 0 bridgehead atoms. The second kappa shape index (κ2) is 17.8. The van der Waals surface area contributed by atoms with E-state index in [4.69, 9.17) is 0 Å². The SMILES string of the molecule is C(=C\Nc1ccc(-c2ccccc2)cc1)/C=C1\C(=C/c2ccccc2-c2ccc(-c3ccccc3)cc2)C2(c3ccccc31)c1ccccc1C(c1ccccc1)(c1ccccc1)c1ccccc12. The lowest BCUT2D eigenvalue weighted by Gasteiger charge is -2.50. The Morgan fingerprint density at radius 2 is 0.696 bits per heavy atom. The maximum Gasteiger partial charge on any atom is 0.0720 e. The minimum atomic E-state index is -0.679. The van der Waals surface area contributed by atoms with Gasteiger partial charge in [-0.25, -0.2) is 0 Å². The zero-order valence-corrected chi connectivity index (χ0v) is 38.2. The fourth-order valence-corrected chi connectivity index (χ4v) is 11.4. The van der Waals surface area contributed by atoms with Gasteiger partial charge in [0, 0.05) is 11.9 Å². The zero-order chi connectivity index (χ0) is 46.0. The Balaban J connectivity index is 1.09. The van der Waals surface area contributed by atoms with E-state index in [2.05, 4.69) is 297 Å². The topological polar surface area (TPSA) is 12.0 Å². The van der Waals surface area contributed by atoms with Crippen molar-refractivity contribution in [2.45, 2.75) is 10.8 Å². The highest BCUT2D eigenvalue weighted by atomic mass is 14.8. The Labute approximate surface area is 405 Å². The summed E-state index contributed by atoms with van der Waals surface area (Å²) in [5.41, 5.74) is 20.6. The first-order valence-corrected chi connectivity index (χ1v) is 23.9. The van der Waals surface area contributed by atoms with Crippen LogP contribution in [0.4, 0.5) is 5.69 Å². The van der Waals surface area contributed by atoms with Crippen LogP contribution >= 0.6 is 0 Å². The third kappa shape index (κ3) is 7.02. The van der Waals surface area contributed by atoms with Gasteiger partial charge in [0.15, 0.2) is 0 Å². The number of allylic oxidation sites excluding steroid dienone is 4. The fourth-order valence-electron chi connectivity index (χ4n) is 11.4. The third-order valence-corrected chi connectivity index (χ3v) is 14.4. The number of benzene rings is 10. The molecule has 2 aliphatic carbocycles. The van der Waals surface area contributed by atoms with Crippen molar-refractivity contribution >= 4 is 17.3 Å². The first-order valence-electron chi connectivity index (χ1n) is 23.9. The van der Waals surface area contributed by atoms with Crippen molar-refractivity contribution in [1.29, 1.82) is 0 Å². The molecule has 0 fully saturated rings. The van der Waals surface area contributed by atoms with Crippen LogP contribution in [0.2, 0.25) is 0 Å². The summed E-state index contributed by atoms with van der Waals surface area (Å²) < 4.78 is 0. The molecule has 12 rings (SSSR count). The summed E-state index contributed by atoms with van der Waals surface area (Å²) in [6, 6.07) is 97.7. The van der Waals surface area contributed by atoms with Gasteiger partial charge in [-0.1, -0.05) is 261 Å². The lowest BCUT2D eigenvalue weighted by atomic mass is 9.51. The Hall–Kier alpha value is -8.78. The van der Waals surface area contributed by atoms with Crippen LogP contribution in [0.3, 0.4) is 0 Å². The van der Waals surface area contributed by atoms with Crippen LogP contribution in [0.5, 0.6) is 0 Å². The molecule has 0 radical (unpaired) electrons.